The molecule has 1 heterocycles. The van der Waals surface area contributed by atoms with Gasteiger partial charge in [0.05, 0.1) is 12.2 Å². The fraction of sp³-hybridized carbons (Fsp3) is 0.261. The van der Waals surface area contributed by atoms with Crippen LogP contribution in [0.15, 0.2) is 55.1 Å². The van der Waals surface area contributed by atoms with E-state index in [0.717, 1.165) is 35.7 Å². The first-order valence-corrected chi connectivity index (χ1v) is 9.12. The van der Waals surface area contributed by atoms with Gasteiger partial charge in [-0.3, -0.25) is 4.68 Å². The SMILES string of the molecule is C=C(Nc1ccccc1CC)c1cc(C)n(Cc2cc(C)ccc2C)n1. The number of aromatic nitrogens is 2. The van der Waals surface area contributed by atoms with Crippen molar-refractivity contribution in [1.29, 1.82) is 0 Å². The van der Waals surface area contributed by atoms with E-state index in [1.807, 2.05) is 6.07 Å². The number of hydrogen-bond acceptors (Lipinski definition) is 2. The zero-order chi connectivity index (χ0) is 18.7. The lowest BCUT2D eigenvalue weighted by Crippen LogP contribution is -2.07. The molecule has 3 rings (SSSR count). The van der Waals surface area contributed by atoms with Crippen LogP contribution in [0.1, 0.15) is 40.6 Å². The predicted octanol–water partition coefficient (Wildman–Crippen LogP) is 5.50. The molecule has 0 aliphatic heterocycles. The Morgan fingerprint density at radius 2 is 1.81 bits per heavy atom. The van der Waals surface area contributed by atoms with Gasteiger partial charge in [0.1, 0.15) is 5.69 Å². The van der Waals surface area contributed by atoms with Crippen molar-refractivity contribution in [3.63, 3.8) is 0 Å². The summed E-state index contributed by atoms with van der Waals surface area (Å²) in [5.74, 6) is 0. The maximum atomic E-state index is 4.78. The molecule has 1 N–H and O–H groups in total. The van der Waals surface area contributed by atoms with Crippen molar-refractivity contribution < 1.29 is 0 Å². The van der Waals surface area contributed by atoms with Gasteiger partial charge in [-0.25, -0.2) is 0 Å². The van der Waals surface area contributed by atoms with Gasteiger partial charge in [-0.2, -0.15) is 5.10 Å². The third-order valence-electron chi connectivity index (χ3n) is 4.80. The molecule has 0 amide bonds. The molecular formula is C23H27N3. The summed E-state index contributed by atoms with van der Waals surface area (Å²) in [5.41, 5.74) is 9.10. The molecule has 3 heteroatoms. The standard InChI is InChI=1S/C23H27N3/c1-6-20-9-7-8-10-22(20)24-19(5)23-14-18(4)26(25-23)15-21-13-16(2)11-12-17(21)3/h7-14,24H,5-6,15H2,1-4H3. The molecule has 3 nitrogen and oxygen atoms in total. The first kappa shape index (κ1) is 18.0. The summed E-state index contributed by atoms with van der Waals surface area (Å²) in [6.45, 7) is 13.5. The Labute approximate surface area is 156 Å². The van der Waals surface area contributed by atoms with Crippen molar-refractivity contribution in [3.8, 4) is 0 Å². The lowest BCUT2D eigenvalue weighted by molar-refractivity contribution is 0.660. The Hall–Kier alpha value is -2.81. The average molecular weight is 345 g/mol. The van der Waals surface area contributed by atoms with Crippen molar-refractivity contribution in [3.05, 3.63) is 88.8 Å². The van der Waals surface area contributed by atoms with Crippen molar-refractivity contribution in [1.82, 2.24) is 9.78 Å². The van der Waals surface area contributed by atoms with Gasteiger partial charge >= 0.3 is 0 Å². The summed E-state index contributed by atoms with van der Waals surface area (Å²) in [4.78, 5) is 0. The quantitative estimate of drug-likeness (QED) is 0.639. The average Bonchev–Trinajstić information content (AvgIpc) is 2.99. The van der Waals surface area contributed by atoms with E-state index in [1.165, 1.54) is 22.3 Å². The third kappa shape index (κ3) is 3.88. The van der Waals surface area contributed by atoms with Crippen LogP contribution in [0.3, 0.4) is 0 Å². The summed E-state index contributed by atoms with van der Waals surface area (Å²) in [5, 5.41) is 8.21. The van der Waals surface area contributed by atoms with Crippen LogP contribution in [0.5, 0.6) is 0 Å². The van der Waals surface area contributed by atoms with Gasteiger partial charge in [0.15, 0.2) is 0 Å². The molecule has 2 aromatic carbocycles. The number of nitrogens with zero attached hydrogens (tertiary/aromatic N) is 2. The molecule has 0 saturated heterocycles. The summed E-state index contributed by atoms with van der Waals surface area (Å²) in [6, 6.07) is 17.0. The second-order valence-electron chi connectivity index (χ2n) is 6.87. The van der Waals surface area contributed by atoms with Gasteiger partial charge in [-0.05, 0) is 56.0 Å². The van der Waals surface area contributed by atoms with Crippen LogP contribution in [0.2, 0.25) is 0 Å². The lowest BCUT2D eigenvalue weighted by atomic mass is 10.1. The zero-order valence-electron chi connectivity index (χ0n) is 16.1. The number of benzene rings is 2. The summed E-state index contributed by atoms with van der Waals surface area (Å²) in [6.07, 6.45) is 0.983. The first-order valence-electron chi connectivity index (χ1n) is 9.12. The van der Waals surface area contributed by atoms with Gasteiger partial charge in [0.2, 0.25) is 0 Å². The second-order valence-corrected chi connectivity index (χ2v) is 6.87. The molecule has 3 aromatic rings. The third-order valence-corrected chi connectivity index (χ3v) is 4.80. The predicted molar refractivity (Wildman–Crippen MR) is 110 cm³/mol. The Morgan fingerprint density at radius 1 is 1.04 bits per heavy atom. The Bertz CT molecular complexity index is 934. The Balaban J connectivity index is 1.81. The Kier molecular flexibility index (Phi) is 5.27. The van der Waals surface area contributed by atoms with E-state index in [-0.39, 0.29) is 0 Å². The maximum Gasteiger partial charge on any atom is 0.108 e. The van der Waals surface area contributed by atoms with E-state index in [0.29, 0.717) is 0 Å². The van der Waals surface area contributed by atoms with Crippen LogP contribution in [0, 0.1) is 20.8 Å². The van der Waals surface area contributed by atoms with Crippen LogP contribution in [0.25, 0.3) is 5.70 Å². The molecule has 1 aromatic heterocycles. The molecule has 26 heavy (non-hydrogen) atoms. The monoisotopic (exact) mass is 345 g/mol. The van der Waals surface area contributed by atoms with E-state index in [1.54, 1.807) is 0 Å². The fourth-order valence-electron chi connectivity index (χ4n) is 3.13. The van der Waals surface area contributed by atoms with E-state index in [4.69, 9.17) is 5.10 Å². The van der Waals surface area contributed by atoms with Gasteiger partial charge in [0.25, 0.3) is 0 Å². The van der Waals surface area contributed by atoms with Crippen LogP contribution in [0.4, 0.5) is 5.69 Å². The van der Waals surface area contributed by atoms with E-state index >= 15 is 0 Å². The highest BCUT2D eigenvalue weighted by Gasteiger charge is 2.10. The number of rotatable bonds is 6. The molecule has 0 atom stereocenters. The molecule has 0 fully saturated rings. The highest BCUT2D eigenvalue weighted by molar-refractivity contribution is 5.75. The van der Waals surface area contributed by atoms with Crippen LogP contribution >= 0.6 is 0 Å². The van der Waals surface area contributed by atoms with Crippen LogP contribution in [-0.4, -0.2) is 9.78 Å². The largest absolute Gasteiger partial charge is 0.354 e. The summed E-state index contributed by atoms with van der Waals surface area (Å²) < 4.78 is 2.05. The van der Waals surface area contributed by atoms with Crippen LogP contribution < -0.4 is 5.32 Å². The number of para-hydroxylation sites is 1. The summed E-state index contributed by atoms with van der Waals surface area (Å²) >= 11 is 0. The lowest BCUT2D eigenvalue weighted by Gasteiger charge is -2.12. The molecule has 0 saturated carbocycles. The number of aryl methyl sites for hydroxylation is 4. The van der Waals surface area contributed by atoms with E-state index < -0.39 is 0 Å². The molecule has 0 radical (unpaired) electrons. The minimum absolute atomic E-state index is 0.776. The maximum absolute atomic E-state index is 4.78. The molecule has 0 unspecified atom stereocenters. The van der Waals surface area contributed by atoms with Crippen molar-refractivity contribution in [2.45, 2.75) is 40.7 Å². The van der Waals surface area contributed by atoms with Gasteiger partial charge in [-0.1, -0.05) is 55.5 Å². The number of hydrogen-bond donors (Lipinski definition) is 1. The van der Waals surface area contributed by atoms with Gasteiger partial charge < -0.3 is 5.32 Å². The van der Waals surface area contributed by atoms with Gasteiger partial charge in [-0.15, -0.1) is 0 Å². The first-order chi connectivity index (χ1) is 12.5. The minimum Gasteiger partial charge on any atom is -0.354 e. The van der Waals surface area contributed by atoms with E-state index in [9.17, 15) is 0 Å². The second kappa shape index (κ2) is 7.61. The van der Waals surface area contributed by atoms with Crippen molar-refractivity contribution in [2.24, 2.45) is 0 Å². The number of anilines is 1. The zero-order valence-corrected chi connectivity index (χ0v) is 16.1. The molecule has 0 aliphatic rings. The fourth-order valence-corrected chi connectivity index (χ4v) is 3.13. The molecule has 0 bridgehead atoms. The summed E-state index contributed by atoms with van der Waals surface area (Å²) in [7, 11) is 0. The molecule has 134 valence electrons. The molecule has 0 aliphatic carbocycles. The van der Waals surface area contributed by atoms with Crippen LogP contribution in [-0.2, 0) is 13.0 Å². The normalized spacial score (nSPS) is 10.8. The molecule has 0 spiro atoms. The topological polar surface area (TPSA) is 29.9 Å². The van der Waals surface area contributed by atoms with Gasteiger partial charge in [0, 0.05) is 11.4 Å². The smallest absolute Gasteiger partial charge is 0.108 e. The van der Waals surface area contributed by atoms with E-state index in [2.05, 4.69) is 86.7 Å². The Morgan fingerprint density at radius 3 is 2.58 bits per heavy atom. The highest BCUT2D eigenvalue weighted by Crippen LogP contribution is 2.22. The highest BCUT2D eigenvalue weighted by atomic mass is 15.3. The van der Waals surface area contributed by atoms with Crippen molar-refractivity contribution >= 4 is 11.4 Å². The minimum atomic E-state index is 0.776. The molecular weight excluding hydrogens is 318 g/mol. The number of nitrogens with one attached hydrogen (secondary N) is 1. The van der Waals surface area contributed by atoms with Crippen molar-refractivity contribution in [2.75, 3.05) is 5.32 Å².